The highest BCUT2D eigenvalue weighted by Crippen LogP contribution is 2.48. The first kappa shape index (κ1) is 13.1. The molecule has 5 N–H and O–H groups in total. The molecule has 2 rings (SSSR count). The van der Waals surface area contributed by atoms with Crippen LogP contribution in [-0.2, 0) is 4.79 Å². The average molecular weight is 255 g/mol. The number of nitrogens with one attached hydrogen (secondary N) is 2. The van der Waals surface area contributed by atoms with E-state index in [9.17, 15) is 14.7 Å². The fraction of sp³-hybridized carbons (Fsp3) is 0.833. The highest BCUT2D eigenvalue weighted by molar-refractivity contribution is 5.77. The number of carbonyl (C=O) groups is 2. The number of fused-ring (bicyclic) bond motifs is 2. The minimum Gasteiger partial charge on any atom is -0.481 e. The third-order valence-corrected chi connectivity index (χ3v) is 4.17. The predicted molar refractivity (Wildman–Crippen MR) is 66.0 cm³/mol. The van der Waals surface area contributed by atoms with Crippen molar-refractivity contribution in [1.82, 2.24) is 10.6 Å². The monoisotopic (exact) mass is 255 g/mol. The van der Waals surface area contributed by atoms with Crippen molar-refractivity contribution in [3.05, 3.63) is 0 Å². The quantitative estimate of drug-likeness (QED) is 0.524. The lowest BCUT2D eigenvalue weighted by molar-refractivity contribution is -0.144. The largest absolute Gasteiger partial charge is 0.481 e. The molecule has 2 fully saturated rings. The number of urea groups is 1. The second-order valence-corrected chi connectivity index (χ2v) is 5.27. The van der Waals surface area contributed by atoms with Crippen molar-refractivity contribution in [3.63, 3.8) is 0 Å². The number of amides is 2. The zero-order valence-corrected chi connectivity index (χ0v) is 10.4. The summed E-state index contributed by atoms with van der Waals surface area (Å²) in [6.45, 7) is 1.06. The first-order valence-electron chi connectivity index (χ1n) is 6.60. The minimum atomic E-state index is -0.783. The molecule has 102 valence electrons. The highest BCUT2D eigenvalue weighted by Gasteiger charge is 2.51. The van der Waals surface area contributed by atoms with Gasteiger partial charge in [-0.15, -0.1) is 0 Å². The Bertz CT molecular complexity index is 335. The molecular formula is C12H21N3O3. The van der Waals surface area contributed by atoms with Gasteiger partial charge in [0, 0.05) is 12.6 Å². The molecule has 2 amide bonds. The fourth-order valence-electron chi connectivity index (χ4n) is 3.36. The van der Waals surface area contributed by atoms with Gasteiger partial charge in [0.25, 0.3) is 0 Å². The molecule has 0 aliphatic heterocycles. The smallest absolute Gasteiger partial charge is 0.315 e. The first-order valence-corrected chi connectivity index (χ1v) is 6.60. The summed E-state index contributed by atoms with van der Waals surface area (Å²) < 4.78 is 0. The van der Waals surface area contributed by atoms with Crippen LogP contribution in [0, 0.1) is 17.8 Å². The summed E-state index contributed by atoms with van der Waals surface area (Å²) in [7, 11) is 0. The maximum atomic E-state index is 11.7. The molecule has 2 bridgehead atoms. The summed E-state index contributed by atoms with van der Waals surface area (Å²) in [5, 5.41) is 14.8. The molecule has 0 aromatic carbocycles. The summed E-state index contributed by atoms with van der Waals surface area (Å²) in [6.07, 6.45) is 3.67. The van der Waals surface area contributed by atoms with Gasteiger partial charge < -0.3 is 21.5 Å². The van der Waals surface area contributed by atoms with Crippen molar-refractivity contribution >= 4 is 12.0 Å². The summed E-state index contributed by atoms with van der Waals surface area (Å²) in [5.41, 5.74) is 5.34. The van der Waals surface area contributed by atoms with Crippen LogP contribution in [0.15, 0.2) is 0 Å². The normalized spacial score (nSPS) is 33.4. The Morgan fingerprint density at radius 3 is 2.67 bits per heavy atom. The molecule has 0 aromatic rings. The van der Waals surface area contributed by atoms with Crippen molar-refractivity contribution < 1.29 is 14.7 Å². The molecule has 0 saturated heterocycles. The minimum absolute atomic E-state index is 0.209. The van der Waals surface area contributed by atoms with Gasteiger partial charge in [-0.2, -0.15) is 0 Å². The molecule has 6 nitrogen and oxygen atoms in total. The Morgan fingerprint density at radius 2 is 2.00 bits per heavy atom. The number of hydrogen-bond acceptors (Lipinski definition) is 3. The molecule has 4 atom stereocenters. The first-order chi connectivity index (χ1) is 8.63. The molecule has 0 heterocycles. The van der Waals surface area contributed by atoms with Crippen molar-refractivity contribution in [1.29, 1.82) is 0 Å². The van der Waals surface area contributed by atoms with Crippen LogP contribution in [0.3, 0.4) is 0 Å². The van der Waals surface area contributed by atoms with Crippen molar-refractivity contribution in [2.45, 2.75) is 31.7 Å². The van der Waals surface area contributed by atoms with Crippen LogP contribution < -0.4 is 16.4 Å². The lowest BCUT2D eigenvalue weighted by Crippen LogP contribution is -2.50. The molecule has 2 saturated carbocycles. The highest BCUT2D eigenvalue weighted by atomic mass is 16.4. The topological polar surface area (TPSA) is 104 Å². The maximum absolute atomic E-state index is 11.7. The summed E-state index contributed by atoms with van der Waals surface area (Å²) in [4.78, 5) is 22.9. The van der Waals surface area contributed by atoms with Crippen LogP contribution in [0.4, 0.5) is 4.79 Å². The van der Waals surface area contributed by atoms with E-state index in [1.165, 1.54) is 0 Å². The van der Waals surface area contributed by atoms with Gasteiger partial charge in [-0.25, -0.2) is 4.79 Å². The lowest BCUT2D eigenvalue weighted by atomic mass is 9.84. The molecule has 2 aliphatic rings. The second kappa shape index (κ2) is 5.56. The van der Waals surface area contributed by atoms with Gasteiger partial charge in [-0.05, 0) is 44.1 Å². The number of carbonyl (C=O) groups excluding carboxylic acids is 1. The van der Waals surface area contributed by atoms with Crippen LogP contribution >= 0.6 is 0 Å². The van der Waals surface area contributed by atoms with E-state index in [1.54, 1.807) is 0 Å². The SMILES string of the molecule is NCCCNC(=O)NC1C2CCC(C2)C1C(=O)O. The standard InChI is InChI=1S/C12H21N3O3/c13-4-1-5-14-12(18)15-10-8-3-2-7(6-8)9(10)11(16)17/h7-10H,1-6,13H2,(H,16,17)(H2,14,15,18). The number of hydrogen-bond donors (Lipinski definition) is 4. The number of carboxylic acids is 1. The molecule has 18 heavy (non-hydrogen) atoms. The Labute approximate surface area is 106 Å². The molecule has 6 heteroatoms. The van der Waals surface area contributed by atoms with E-state index in [4.69, 9.17) is 5.73 Å². The molecule has 0 aromatic heterocycles. The van der Waals surface area contributed by atoms with Gasteiger partial charge in [0.15, 0.2) is 0 Å². The summed E-state index contributed by atoms with van der Waals surface area (Å²) in [5.74, 6) is -0.628. The van der Waals surface area contributed by atoms with Gasteiger partial charge in [0.1, 0.15) is 0 Å². The average Bonchev–Trinajstić information content (AvgIpc) is 2.89. The van der Waals surface area contributed by atoms with Crippen molar-refractivity contribution in [2.24, 2.45) is 23.5 Å². The van der Waals surface area contributed by atoms with Gasteiger partial charge in [-0.3, -0.25) is 4.79 Å². The molecule has 4 unspecified atom stereocenters. The summed E-state index contributed by atoms with van der Waals surface area (Å²) >= 11 is 0. The van der Waals surface area contributed by atoms with E-state index >= 15 is 0 Å². The Kier molecular flexibility index (Phi) is 4.06. The van der Waals surface area contributed by atoms with E-state index < -0.39 is 11.9 Å². The molecule has 0 spiro atoms. The van der Waals surface area contributed by atoms with Crippen LogP contribution in [-0.4, -0.2) is 36.2 Å². The molecular weight excluding hydrogens is 234 g/mol. The fourth-order valence-corrected chi connectivity index (χ4v) is 3.36. The third-order valence-electron chi connectivity index (χ3n) is 4.17. The molecule has 2 aliphatic carbocycles. The van der Waals surface area contributed by atoms with E-state index in [-0.39, 0.29) is 18.0 Å². The van der Waals surface area contributed by atoms with Gasteiger partial charge in [-0.1, -0.05) is 0 Å². The predicted octanol–water partition coefficient (Wildman–Crippen LogP) is 0.134. The molecule has 0 radical (unpaired) electrons. The number of nitrogens with two attached hydrogens (primary N) is 1. The zero-order chi connectivity index (χ0) is 13.1. The third kappa shape index (κ3) is 2.58. The van der Waals surface area contributed by atoms with E-state index in [1.807, 2.05) is 0 Å². The van der Waals surface area contributed by atoms with E-state index in [0.717, 1.165) is 25.7 Å². The van der Waals surface area contributed by atoms with Gasteiger partial charge in [0.05, 0.1) is 5.92 Å². The lowest BCUT2D eigenvalue weighted by Gasteiger charge is -2.28. The zero-order valence-electron chi connectivity index (χ0n) is 10.4. The van der Waals surface area contributed by atoms with Gasteiger partial charge in [0.2, 0.25) is 0 Å². The Morgan fingerprint density at radius 1 is 1.28 bits per heavy atom. The number of carboxylic acid groups (broad SMARTS) is 1. The van der Waals surface area contributed by atoms with Gasteiger partial charge >= 0.3 is 12.0 Å². The van der Waals surface area contributed by atoms with Crippen LogP contribution in [0.1, 0.15) is 25.7 Å². The van der Waals surface area contributed by atoms with E-state index in [0.29, 0.717) is 19.0 Å². The van der Waals surface area contributed by atoms with Crippen molar-refractivity contribution in [2.75, 3.05) is 13.1 Å². The van der Waals surface area contributed by atoms with Crippen LogP contribution in [0.5, 0.6) is 0 Å². The van der Waals surface area contributed by atoms with E-state index in [2.05, 4.69) is 10.6 Å². The summed E-state index contributed by atoms with van der Waals surface area (Å²) in [6, 6.07) is -0.480. The Hall–Kier alpha value is -1.30. The second-order valence-electron chi connectivity index (χ2n) is 5.27. The van der Waals surface area contributed by atoms with Crippen LogP contribution in [0.25, 0.3) is 0 Å². The van der Waals surface area contributed by atoms with Crippen molar-refractivity contribution in [3.8, 4) is 0 Å². The number of aliphatic carboxylic acids is 1. The maximum Gasteiger partial charge on any atom is 0.315 e. The van der Waals surface area contributed by atoms with Crippen LogP contribution in [0.2, 0.25) is 0 Å². The Balaban J connectivity index is 1.87. The number of rotatable bonds is 5.